The molecule has 0 spiro atoms. The first-order valence-electron chi connectivity index (χ1n) is 6.39. The Morgan fingerprint density at radius 1 is 1.33 bits per heavy atom. The van der Waals surface area contributed by atoms with Crippen molar-refractivity contribution in [3.05, 3.63) is 23.7 Å². The molecule has 1 aliphatic heterocycles. The molecule has 0 unspecified atom stereocenters. The molecule has 1 saturated heterocycles. The first kappa shape index (κ1) is 13.1. The molecule has 0 bridgehead atoms. The van der Waals surface area contributed by atoms with Crippen molar-refractivity contribution in [2.24, 2.45) is 0 Å². The van der Waals surface area contributed by atoms with E-state index >= 15 is 0 Å². The van der Waals surface area contributed by atoms with E-state index in [0.717, 1.165) is 31.8 Å². The number of carbonyl (C=O) groups excluding carboxylic acids is 1. The Morgan fingerprint density at radius 2 is 2.17 bits per heavy atom. The summed E-state index contributed by atoms with van der Waals surface area (Å²) in [7, 11) is 0. The molecular formula is C13H20N2O3. The van der Waals surface area contributed by atoms with E-state index in [-0.39, 0.29) is 12.5 Å². The first-order valence-corrected chi connectivity index (χ1v) is 6.39. The highest BCUT2D eigenvalue weighted by Gasteiger charge is 2.21. The van der Waals surface area contributed by atoms with E-state index in [1.165, 1.54) is 0 Å². The van der Waals surface area contributed by atoms with Crippen LogP contribution in [0.15, 0.2) is 16.5 Å². The fraction of sp³-hybridized carbons (Fsp3) is 0.615. The summed E-state index contributed by atoms with van der Waals surface area (Å²) in [6.07, 6.45) is 0.936. The first-order chi connectivity index (χ1) is 8.70. The van der Waals surface area contributed by atoms with E-state index in [9.17, 15) is 4.79 Å². The van der Waals surface area contributed by atoms with Gasteiger partial charge in [0.2, 0.25) is 0 Å². The lowest BCUT2D eigenvalue weighted by Crippen LogP contribution is -2.35. The van der Waals surface area contributed by atoms with Gasteiger partial charge in [-0.25, -0.2) is 0 Å². The number of β-amino-alcohol motifs (C(OH)–C–C–N with tert-alkyl or cyclic N) is 1. The number of aryl methyl sites for hydroxylation is 1. The van der Waals surface area contributed by atoms with Crippen molar-refractivity contribution in [1.29, 1.82) is 0 Å². The number of rotatable bonds is 3. The molecule has 2 heterocycles. The number of amides is 1. The Hall–Kier alpha value is -1.33. The standard InChI is InChI=1S/C13H20N2O3/c1-11-3-4-12(18-11)13(17)15-6-2-5-14(7-8-15)9-10-16/h3-4,16H,2,5-10H2,1H3. The fourth-order valence-corrected chi connectivity index (χ4v) is 2.24. The molecule has 0 radical (unpaired) electrons. The lowest BCUT2D eigenvalue weighted by Gasteiger charge is -2.20. The second kappa shape index (κ2) is 6.02. The van der Waals surface area contributed by atoms with Gasteiger partial charge in [-0.15, -0.1) is 0 Å². The summed E-state index contributed by atoms with van der Waals surface area (Å²) in [6, 6.07) is 3.54. The maximum atomic E-state index is 12.2. The molecule has 1 aliphatic rings. The normalized spacial score (nSPS) is 17.8. The molecule has 2 rings (SSSR count). The number of furan rings is 1. The van der Waals surface area contributed by atoms with Gasteiger partial charge >= 0.3 is 0 Å². The van der Waals surface area contributed by atoms with Crippen molar-refractivity contribution < 1.29 is 14.3 Å². The van der Waals surface area contributed by atoms with Gasteiger partial charge in [-0.05, 0) is 32.0 Å². The Morgan fingerprint density at radius 3 is 2.83 bits per heavy atom. The van der Waals surface area contributed by atoms with Crippen molar-refractivity contribution in [3.8, 4) is 0 Å². The molecule has 1 amide bonds. The Labute approximate surface area is 107 Å². The van der Waals surface area contributed by atoms with Gasteiger partial charge in [0, 0.05) is 26.2 Å². The zero-order valence-electron chi connectivity index (χ0n) is 10.8. The molecule has 1 N–H and O–H groups in total. The number of aliphatic hydroxyl groups is 1. The van der Waals surface area contributed by atoms with E-state index in [1.54, 1.807) is 6.07 Å². The quantitative estimate of drug-likeness (QED) is 0.861. The van der Waals surface area contributed by atoms with Crippen LogP contribution >= 0.6 is 0 Å². The number of hydrogen-bond acceptors (Lipinski definition) is 4. The summed E-state index contributed by atoms with van der Waals surface area (Å²) in [5, 5.41) is 8.93. The molecule has 0 atom stereocenters. The van der Waals surface area contributed by atoms with E-state index in [2.05, 4.69) is 4.90 Å². The third kappa shape index (κ3) is 3.11. The van der Waals surface area contributed by atoms with Gasteiger partial charge in [0.05, 0.1) is 6.61 Å². The van der Waals surface area contributed by atoms with Crippen LogP contribution in [0.5, 0.6) is 0 Å². The summed E-state index contributed by atoms with van der Waals surface area (Å²) in [4.78, 5) is 16.2. The average molecular weight is 252 g/mol. The Balaban J connectivity index is 1.95. The Kier molecular flexibility index (Phi) is 4.38. The molecule has 1 fully saturated rings. The largest absolute Gasteiger partial charge is 0.456 e. The van der Waals surface area contributed by atoms with Crippen molar-refractivity contribution in [3.63, 3.8) is 0 Å². The molecule has 5 heteroatoms. The Bertz CT molecular complexity index is 403. The monoisotopic (exact) mass is 252 g/mol. The lowest BCUT2D eigenvalue weighted by molar-refractivity contribution is 0.0727. The zero-order valence-corrected chi connectivity index (χ0v) is 10.8. The predicted molar refractivity (Wildman–Crippen MR) is 67.5 cm³/mol. The summed E-state index contributed by atoms with van der Waals surface area (Å²) in [5.74, 6) is 1.15. The molecular weight excluding hydrogens is 232 g/mol. The van der Waals surface area contributed by atoms with Crippen LogP contribution in [0, 0.1) is 6.92 Å². The number of carbonyl (C=O) groups is 1. The minimum atomic E-state index is -0.0334. The molecule has 18 heavy (non-hydrogen) atoms. The van der Waals surface area contributed by atoms with Crippen molar-refractivity contribution in [1.82, 2.24) is 9.80 Å². The number of aliphatic hydroxyl groups excluding tert-OH is 1. The van der Waals surface area contributed by atoms with Crippen LogP contribution in [-0.2, 0) is 0 Å². The third-order valence-electron chi connectivity index (χ3n) is 3.24. The van der Waals surface area contributed by atoms with Gasteiger partial charge in [-0.3, -0.25) is 9.69 Å². The van der Waals surface area contributed by atoms with E-state index in [0.29, 0.717) is 18.8 Å². The highest BCUT2D eigenvalue weighted by Crippen LogP contribution is 2.12. The predicted octanol–water partition coefficient (Wildman–Crippen LogP) is 0.728. The van der Waals surface area contributed by atoms with Crippen LogP contribution in [0.1, 0.15) is 22.7 Å². The maximum absolute atomic E-state index is 12.2. The van der Waals surface area contributed by atoms with Crippen LogP contribution in [0.2, 0.25) is 0 Å². The van der Waals surface area contributed by atoms with Crippen molar-refractivity contribution in [2.45, 2.75) is 13.3 Å². The molecule has 1 aromatic rings. The summed E-state index contributed by atoms with van der Waals surface area (Å²) >= 11 is 0. The number of nitrogens with zero attached hydrogens (tertiary/aromatic N) is 2. The van der Waals surface area contributed by atoms with Gasteiger partial charge in [0.15, 0.2) is 5.76 Å². The molecule has 1 aromatic heterocycles. The number of hydrogen-bond donors (Lipinski definition) is 1. The van der Waals surface area contributed by atoms with E-state index < -0.39 is 0 Å². The highest BCUT2D eigenvalue weighted by molar-refractivity contribution is 5.91. The highest BCUT2D eigenvalue weighted by atomic mass is 16.3. The molecule has 0 aromatic carbocycles. The fourth-order valence-electron chi connectivity index (χ4n) is 2.24. The van der Waals surface area contributed by atoms with Crippen LogP contribution in [-0.4, -0.2) is 60.1 Å². The maximum Gasteiger partial charge on any atom is 0.289 e. The second-order valence-electron chi connectivity index (χ2n) is 4.62. The molecule has 5 nitrogen and oxygen atoms in total. The van der Waals surface area contributed by atoms with Gasteiger partial charge < -0.3 is 14.4 Å². The molecule has 0 saturated carbocycles. The van der Waals surface area contributed by atoms with Crippen LogP contribution in [0.3, 0.4) is 0 Å². The van der Waals surface area contributed by atoms with Crippen LogP contribution in [0.4, 0.5) is 0 Å². The summed E-state index contributed by atoms with van der Waals surface area (Å²) in [6.45, 7) is 5.88. The topological polar surface area (TPSA) is 56.9 Å². The average Bonchev–Trinajstić information content (AvgIpc) is 2.65. The van der Waals surface area contributed by atoms with Gasteiger partial charge in [0.25, 0.3) is 5.91 Å². The molecule has 0 aliphatic carbocycles. The second-order valence-corrected chi connectivity index (χ2v) is 4.62. The van der Waals surface area contributed by atoms with Gasteiger partial charge in [0.1, 0.15) is 5.76 Å². The minimum Gasteiger partial charge on any atom is -0.456 e. The SMILES string of the molecule is Cc1ccc(C(=O)N2CCCN(CCO)CC2)o1. The smallest absolute Gasteiger partial charge is 0.289 e. The van der Waals surface area contributed by atoms with Crippen molar-refractivity contribution >= 4 is 5.91 Å². The van der Waals surface area contributed by atoms with Gasteiger partial charge in [-0.1, -0.05) is 0 Å². The summed E-state index contributed by atoms with van der Waals surface area (Å²) < 4.78 is 5.37. The zero-order chi connectivity index (χ0) is 13.0. The summed E-state index contributed by atoms with van der Waals surface area (Å²) in [5.41, 5.74) is 0. The van der Waals surface area contributed by atoms with Crippen molar-refractivity contribution in [2.75, 3.05) is 39.3 Å². The molecule has 100 valence electrons. The van der Waals surface area contributed by atoms with Crippen LogP contribution < -0.4 is 0 Å². The van der Waals surface area contributed by atoms with E-state index in [1.807, 2.05) is 17.9 Å². The third-order valence-corrected chi connectivity index (χ3v) is 3.24. The lowest BCUT2D eigenvalue weighted by atomic mass is 10.3. The van der Waals surface area contributed by atoms with Gasteiger partial charge in [-0.2, -0.15) is 0 Å². The minimum absolute atomic E-state index is 0.0334. The van der Waals surface area contributed by atoms with E-state index in [4.69, 9.17) is 9.52 Å². The van der Waals surface area contributed by atoms with Crippen LogP contribution in [0.25, 0.3) is 0 Å².